The van der Waals surface area contributed by atoms with Gasteiger partial charge in [0.05, 0.1) is 6.42 Å². The molecule has 1 heterocycles. The zero-order valence-corrected chi connectivity index (χ0v) is 15.8. The summed E-state index contributed by atoms with van der Waals surface area (Å²) < 4.78 is 1.25. The van der Waals surface area contributed by atoms with Crippen molar-refractivity contribution in [3.8, 4) is 0 Å². The molecular weight excluding hydrogens is 328 g/mol. The number of carbonyl (C=O) groups is 1. The normalized spacial score (nSPS) is 13.9. The van der Waals surface area contributed by atoms with Gasteiger partial charge in [0.2, 0.25) is 0 Å². The Kier molecular flexibility index (Phi) is 4.96. The molecule has 25 heavy (non-hydrogen) atoms. The SMILES string of the molecule is CC(C)c1ccc(C(C)(CC(=O)O)Cc2cc3ccccc3s2)cc1. The van der Waals surface area contributed by atoms with E-state index in [9.17, 15) is 9.90 Å². The largest absolute Gasteiger partial charge is 0.481 e. The van der Waals surface area contributed by atoms with E-state index in [1.165, 1.54) is 20.5 Å². The van der Waals surface area contributed by atoms with Crippen molar-refractivity contribution in [2.75, 3.05) is 0 Å². The second kappa shape index (κ2) is 7.01. The van der Waals surface area contributed by atoms with Crippen LogP contribution in [-0.4, -0.2) is 11.1 Å². The Bertz CT molecular complexity index is 843. The summed E-state index contributed by atoms with van der Waals surface area (Å²) in [6.07, 6.45) is 0.863. The van der Waals surface area contributed by atoms with Crippen LogP contribution >= 0.6 is 11.3 Å². The summed E-state index contributed by atoms with van der Waals surface area (Å²) in [6, 6.07) is 19.0. The molecule has 130 valence electrons. The summed E-state index contributed by atoms with van der Waals surface area (Å²) in [5.74, 6) is -0.279. The number of benzene rings is 2. The van der Waals surface area contributed by atoms with E-state index < -0.39 is 11.4 Å². The van der Waals surface area contributed by atoms with Gasteiger partial charge in [-0.15, -0.1) is 11.3 Å². The second-order valence-electron chi connectivity index (χ2n) is 7.34. The lowest BCUT2D eigenvalue weighted by Crippen LogP contribution is -2.28. The van der Waals surface area contributed by atoms with Crippen LogP contribution in [0, 0.1) is 0 Å². The summed E-state index contributed by atoms with van der Waals surface area (Å²) in [4.78, 5) is 12.8. The molecule has 0 fully saturated rings. The van der Waals surface area contributed by atoms with Crippen LogP contribution in [0.4, 0.5) is 0 Å². The molecule has 3 aromatic rings. The Hall–Kier alpha value is -2.13. The highest BCUT2D eigenvalue weighted by molar-refractivity contribution is 7.19. The van der Waals surface area contributed by atoms with E-state index in [1.54, 1.807) is 11.3 Å². The number of aliphatic carboxylic acids is 1. The molecule has 3 rings (SSSR count). The summed E-state index contributed by atoms with van der Waals surface area (Å²) in [5.41, 5.74) is 1.96. The summed E-state index contributed by atoms with van der Waals surface area (Å²) in [6.45, 7) is 6.40. The van der Waals surface area contributed by atoms with Gasteiger partial charge in [-0.2, -0.15) is 0 Å². The van der Waals surface area contributed by atoms with Gasteiger partial charge >= 0.3 is 5.97 Å². The van der Waals surface area contributed by atoms with Crippen molar-refractivity contribution in [3.05, 3.63) is 70.6 Å². The van der Waals surface area contributed by atoms with Gasteiger partial charge in [-0.3, -0.25) is 4.79 Å². The van der Waals surface area contributed by atoms with Gasteiger partial charge in [-0.1, -0.05) is 63.2 Å². The molecule has 3 heteroatoms. The van der Waals surface area contributed by atoms with Gasteiger partial charge in [0, 0.05) is 15.0 Å². The molecule has 0 bridgehead atoms. The Balaban J connectivity index is 1.95. The minimum atomic E-state index is -0.753. The maximum atomic E-state index is 11.5. The van der Waals surface area contributed by atoms with Crippen molar-refractivity contribution in [2.45, 2.75) is 44.9 Å². The highest BCUT2D eigenvalue weighted by atomic mass is 32.1. The number of thiophene rings is 1. The first kappa shape index (κ1) is 17.7. The highest BCUT2D eigenvalue weighted by Crippen LogP contribution is 2.36. The van der Waals surface area contributed by atoms with E-state index >= 15 is 0 Å². The Morgan fingerprint density at radius 2 is 1.80 bits per heavy atom. The van der Waals surface area contributed by atoms with Crippen LogP contribution < -0.4 is 0 Å². The maximum absolute atomic E-state index is 11.5. The van der Waals surface area contributed by atoms with Gasteiger partial charge in [-0.05, 0) is 41.0 Å². The number of fused-ring (bicyclic) bond motifs is 1. The average Bonchev–Trinajstić information content (AvgIpc) is 2.96. The first-order chi connectivity index (χ1) is 11.9. The Labute approximate surface area is 153 Å². The molecule has 2 nitrogen and oxygen atoms in total. The average molecular weight is 352 g/mol. The second-order valence-corrected chi connectivity index (χ2v) is 8.50. The number of hydrogen-bond acceptors (Lipinski definition) is 2. The fraction of sp³-hybridized carbons (Fsp3) is 0.318. The molecule has 2 aromatic carbocycles. The van der Waals surface area contributed by atoms with Crippen molar-refractivity contribution in [1.82, 2.24) is 0 Å². The summed E-state index contributed by atoms with van der Waals surface area (Å²) in [7, 11) is 0. The highest BCUT2D eigenvalue weighted by Gasteiger charge is 2.30. The van der Waals surface area contributed by atoms with Gasteiger partial charge in [-0.25, -0.2) is 0 Å². The van der Waals surface area contributed by atoms with Gasteiger partial charge < -0.3 is 5.11 Å². The predicted molar refractivity (Wildman–Crippen MR) is 106 cm³/mol. The lowest BCUT2D eigenvalue weighted by Gasteiger charge is -2.28. The van der Waals surface area contributed by atoms with Crippen LogP contribution in [0.15, 0.2) is 54.6 Å². The third-order valence-corrected chi connectivity index (χ3v) is 5.97. The third kappa shape index (κ3) is 3.93. The fourth-order valence-electron chi connectivity index (χ4n) is 3.38. The molecular formula is C22H24O2S. The van der Waals surface area contributed by atoms with E-state index in [4.69, 9.17) is 0 Å². The van der Waals surface area contributed by atoms with Crippen LogP contribution in [-0.2, 0) is 16.6 Å². The molecule has 0 aliphatic carbocycles. The molecule has 0 radical (unpaired) electrons. The first-order valence-corrected chi connectivity index (χ1v) is 9.49. The van der Waals surface area contributed by atoms with Crippen molar-refractivity contribution in [1.29, 1.82) is 0 Å². The van der Waals surface area contributed by atoms with E-state index in [-0.39, 0.29) is 6.42 Å². The third-order valence-electron chi connectivity index (χ3n) is 4.86. The molecule has 1 N–H and O–H groups in total. The number of carboxylic acid groups (broad SMARTS) is 1. The predicted octanol–water partition coefficient (Wildman–Crippen LogP) is 6.00. The van der Waals surface area contributed by atoms with E-state index in [0.29, 0.717) is 5.92 Å². The number of rotatable bonds is 6. The van der Waals surface area contributed by atoms with Crippen LogP contribution in [0.25, 0.3) is 10.1 Å². The molecule has 0 spiro atoms. The lowest BCUT2D eigenvalue weighted by atomic mass is 9.76. The van der Waals surface area contributed by atoms with Gasteiger partial charge in [0.1, 0.15) is 0 Å². The first-order valence-electron chi connectivity index (χ1n) is 8.67. The molecule has 0 aliphatic rings. The number of carboxylic acids is 1. The van der Waals surface area contributed by atoms with Crippen molar-refractivity contribution < 1.29 is 9.90 Å². The molecule has 1 atom stereocenters. The van der Waals surface area contributed by atoms with Crippen molar-refractivity contribution in [2.24, 2.45) is 0 Å². The van der Waals surface area contributed by atoms with Crippen molar-refractivity contribution >= 4 is 27.4 Å². The van der Waals surface area contributed by atoms with E-state index in [1.807, 2.05) is 12.1 Å². The molecule has 1 unspecified atom stereocenters. The fourth-order valence-corrected chi connectivity index (χ4v) is 4.63. The van der Waals surface area contributed by atoms with Crippen LogP contribution in [0.3, 0.4) is 0 Å². The zero-order valence-electron chi connectivity index (χ0n) is 15.0. The molecule has 1 aromatic heterocycles. The molecule has 0 saturated heterocycles. The lowest BCUT2D eigenvalue weighted by molar-refractivity contribution is -0.138. The molecule has 0 aliphatic heterocycles. The minimum absolute atomic E-state index is 0.127. The monoisotopic (exact) mass is 352 g/mol. The van der Waals surface area contributed by atoms with Gasteiger partial charge in [0.15, 0.2) is 0 Å². The topological polar surface area (TPSA) is 37.3 Å². The quantitative estimate of drug-likeness (QED) is 0.591. The number of hydrogen-bond donors (Lipinski definition) is 1. The Morgan fingerprint density at radius 3 is 2.40 bits per heavy atom. The molecule has 0 amide bonds. The maximum Gasteiger partial charge on any atom is 0.304 e. The Morgan fingerprint density at radius 1 is 1.12 bits per heavy atom. The standard InChI is InChI=1S/C22H24O2S/c1-15(2)16-8-10-18(11-9-16)22(3,14-21(23)24)13-19-12-17-6-4-5-7-20(17)25-19/h4-12,15H,13-14H2,1-3H3,(H,23,24). The van der Waals surface area contributed by atoms with Crippen LogP contribution in [0.5, 0.6) is 0 Å². The minimum Gasteiger partial charge on any atom is -0.481 e. The smallest absolute Gasteiger partial charge is 0.304 e. The van der Waals surface area contributed by atoms with E-state index in [2.05, 4.69) is 63.2 Å². The summed E-state index contributed by atoms with van der Waals surface area (Å²) in [5, 5.41) is 10.7. The van der Waals surface area contributed by atoms with Crippen molar-refractivity contribution in [3.63, 3.8) is 0 Å². The van der Waals surface area contributed by atoms with E-state index in [0.717, 1.165) is 12.0 Å². The zero-order chi connectivity index (χ0) is 18.0. The van der Waals surface area contributed by atoms with Gasteiger partial charge in [0.25, 0.3) is 0 Å². The molecule has 0 saturated carbocycles. The van der Waals surface area contributed by atoms with Crippen LogP contribution in [0.1, 0.15) is 49.1 Å². The summed E-state index contributed by atoms with van der Waals surface area (Å²) >= 11 is 1.76. The van der Waals surface area contributed by atoms with Crippen LogP contribution in [0.2, 0.25) is 0 Å².